The molecule has 2 rings (SSSR count). The van der Waals surface area contributed by atoms with Crippen LogP contribution in [0.15, 0.2) is 26.7 Å². The number of aliphatic imine (C=N–C) groups is 1. The second kappa shape index (κ2) is 11.5. The van der Waals surface area contributed by atoms with Crippen molar-refractivity contribution in [2.45, 2.75) is 17.1 Å². The molecule has 1 saturated heterocycles. The maximum Gasteiger partial charge on any atom is 0.250 e. The molecule has 1 aliphatic heterocycles. The third kappa shape index (κ3) is 7.58. The van der Waals surface area contributed by atoms with Gasteiger partial charge in [-0.1, -0.05) is 6.07 Å². The standard InChI is InChI=1S/C16H28N4O4S2/c1-17-16(18-6-3-9-23-12-14-5-10-24-13-14)19-7-8-20-26(21,22)15-4-2-11-25-15/h2,4,11,14,20H,3,5-10,12-13H2,1H3,(H2,17,18,19). The van der Waals surface area contributed by atoms with Crippen molar-refractivity contribution in [1.82, 2.24) is 15.4 Å². The van der Waals surface area contributed by atoms with Crippen molar-refractivity contribution in [3.8, 4) is 0 Å². The molecule has 0 saturated carbocycles. The minimum absolute atomic E-state index is 0.285. The van der Waals surface area contributed by atoms with Gasteiger partial charge in [-0.15, -0.1) is 11.3 Å². The summed E-state index contributed by atoms with van der Waals surface area (Å²) in [5.74, 6) is 1.18. The maximum absolute atomic E-state index is 12.0. The Morgan fingerprint density at radius 2 is 2.23 bits per heavy atom. The minimum Gasteiger partial charge on any atom is -0.381 e. The van der Waals surface area contributed by atoms with Gasteiger partial charge in [-0.05, 0) is 24.3 Å². The van der Waals surface area contributed by atoms with Gasteiger partial charge in [0, 0.05) is 45.8 Å². The van der Waals surface area contributed by atoms with Crippen LogP contribution in [0.4, 0.5) is 0 Å². The van der Waals surface area contributed by atoms with E-state index in [-0.39, 0.29) is 6.54 Å². The van der Waals surface area contributed by atoms with Crippen LogP contribution in [0.25, 0.3) is 0 Å². The van der Waals surface area contributed by atoms with E-state index in [2.05, 4.69) is 20.3 Å². The molecule has 0 aromatic carbocycles. The predicted molar refractivity (Wildman–Crippen MR) is 103 cm³/mol. The summed E-state index contributed by atoms with van der Waals surface area (Å²) in [5.41, 5.74) is 0. The van der Waals surface area contributed by atoms with Crippen LogP contribution in [-0.4, -0.2) is 67.5 Å². The van der Waals surface area contributed by atoms with E-state index in [0.717, 1.165) is 39.2 Å². The van der Waals surface area contributed by atoms with Crippen LogP contribution in [0.2, 0.25) is 0 Å². The molecule has 0 amide bonds. The zero-order valence-electron chi connectivity index (χ0n) is 15.1. The molecule has 0 radical (unpaired) electrons. The fourth-order valence-corrected chi connectivity index (χ4v) is 4.49. The van der Waals surface area contributed by atoms with E-state index in [1.54, 1.807) is 24.6 Å². The van der Waals surface area contributed by atoms with Crippen LogP contribution >= 0.6 is 11.3 Å². The highest BCUT2D eigenvalue weighted by atomic mass is 32.2. The summed E-state index contributed by atoms with van der Waals surface area (Å²) >= 11 is 1.20. The third-order valence-corrected chi connectivity index (χ3v) is 6.69. The molecule has 1 aliphatic rings. The SMILES string of the molecule is CN=C(NCCCOCC1CCOC1)NCCNS(=O)(=O)c1cccs1. The molecule has 8 nitrogen and oxygen atoms in total. The van der Waals surface area contributed by atoms with Crippen LogP contribution < -0.4 is 15.4 Å². The van der Waals surface area contributed by atoms with E-state index in [0.29, 0.717) is 29.2 Å². The fourth-order valence-electron chi connectivity index (χ4n) is 2.42. The number of sulfonamides is 1. The van der Waals surface area contributed by atoms with Crippen LogP contribution in [0.3, 0.4) is 0 Å². The molecule has 1 atom stereocenters. The number of thiophene rings is 1. The summed E-state index contributed by atoms with van der Waals surface area (Å²) in [5, 5.41) is 8.00. The second-order valence-corrected chi connectivity index (χ2v) is 8.86. The van der Waals surface area contributed by atoms with Crippen molar-refractivity contribution in [3.05, 3.63) is 17.5 Å². The molecule has 1 unspecified atom stereocenters. The second-order valence-electron chi connectivity index (χ2n) is 5.91. The van der Waals surface area contributed by atoms with Gasteiger partial charge in [0.15, 0.2) is 5.96 Å². The van der Waals surface area contributed by atoms with Gasteiger partial charge >= 0.3 is 0 Å². The summed E-state index contributed by atoms with van der Waals surface area (Å²) < 4.78 is 37.8. The molecule has 3 N–H and O–H groups in total. The van der Waals surface area contributed by atoms with Crippen molar-refractivity contribution in [3.63, 3.8) is 0 Å². The Morgan fingerprint density at radius 1 is 1.38 bits per heavy atom. The maximum atomic E-state index is 12.0. The lowest BCUT2D eigenvalue weighted by Gasteiger charge is -2.13. The van der Waals surface area contributed by atoms with E-state index in [1.807, 2.05) is 0 Å². The monoisotopic (exact) mass is 404 g/mol. The first-order valence-corrected chi connectivity index (χ1v) is 11.1. The van der Waals surface area contributed by atoms with Gasteiger partial charge in [0.2, 0.25) is 10.0 Å². The zero-order valence-corrected chi connectivity index (χ0v) is 16.7. The number of rotatable bonds is 11. The summed E-state index contributed by atoms with van der Waals surface area (Å²) in [6, 6.07) is 3.30. The molecule has 2 heterocycles. The summed E-state index contributed by atoms with van der Waals surface area (Å²) in [6.45, 7) is 4.59. The van der Waals surface area contributed by atoms with E-state index >= 15 is 0 Å². The van der Waals surface area contributed by atoms with Gasteiger partial charge in [-0.25, -0.2) is 13.1 Å². The molecule has 1 aromatic heterocycles. The fraction of sp³-hybridized carbons (Fsp3) is 0.688. The number of ether oxygens (including phenoxy) is 2. The molecule has 10 heteroatoms. The summed E-state index contributed by atoms with van der Waals surface area (Å²) in [7, 11) is -1.73. The van der Waals surface area contributed by atoms with Gasteiger partial charge < -0.3 is 20.1 Å². The highest BCUT2D eigenvalue weighted by Gasteiger charge is 2.15. The molecule has 1 aromatic rings. The Hall–Kier alpha value is -1.20. The molecular formula is C16H28N4O4S2. The Bertz CT molecular complexity index is 629. The van der Waals surface area contributed by atoms with Gasteiger partial charge in [-0.2, -0.15) is 0 Å². The third-order valence-electron chi connectivity index (χ3n) is 3.83. The van der Waals surface area contributed by atoms with Gasteiger partial charge in [0.25, 0.3) is 0 Å². The van der Waals surface area contributed by atoms with Crippen molar-refractivity contribution in [2.24, 2.45) is 10.9 Å². The molecule has 0 bridgehead atoms. The average molecular weight is 405 g/mol. The Balaban J connectivity index is 1.51. The van der Waals surface area contributed by atoms with Gasteiger partial charge in [0.05, 0.1) is 13.2 Å². The van der Waals surface area contributed by atoms with E-state index < -0.39 is 10.0 Å². The number of hydrogen-bond donors (Lipinski definition) is 3. The first kappa shape index (κ1) is 21.1. The molecule has 148 valence electrons. The average Bonchev–Trinajstić information content (AvgIpc) is 3.33. The number of nitrogens with zero attached hydrogens (tertiary/aromatic N) is 1. The molecule has 0 aliphatic carbocycles. The topological polar surface area (TPSA) is 101 Å². The van der Waals surface area contributed by atoms with Gasteiger partial charge in [-0.3, -0.25) is 4.99 Å². The van der Waals surface area contributed by atoms with Crippen LogP contribution in [0, 0.1) is 5.92 Å². The van der Waals surface area contributed by atoms with Crippen molar-refractivity contribution >= 4 is 27.3 Å². The largest absolute Gasteiger partial charge is 0.381 e. The zero-order chi connectivity index (χ0) is 18.7. The Kier molecular flexibility index (Phi) is 9.33. The van der Waals surface area contributed by atoms with E-state index in [4.69, 9.17) is 9.47 Å². The Labute approximate surface area is 159 Å². The highest BCUT2D eigenvalue weighted by molar-refractivity contribution is 7.91. The summed E-state index contributed by atoms with van der Waals surface area (Å²) in [4.78, 5) is 4.11. The highest BCUT2D eigenvalue weighted by Crippen LogP contribution is 2.14. The predicted octanol–water partition coefficient (Wildman–Crippen LogP) is 0.635. The van der Waals surface area contributed by atoms with E-state index in [9.17, 15) is 8.42 Å². The lowest BCUT2D eigenvalue weighted by atomic mass is 10.1. The van der Waals surface area contributed by atoms with Crippen molar-refractivity contribution in [1.29, 1.82) is 0 Å². The van der Waals surface area contributed by atoms with Crippen LogP contribution in [-0.2, 0) is 19.5 Å². The smallest absolute Gasteiger partial charge is 0.250 e. The minimum atomic E-state index is -3.41. The molecule has 26 heavy (non-hydrogen) atoms. The van der Waals surface area contributed by atoms with E-state index in [1.165, 1.54) is 11.3 Å². The lowest BCUT2D eigenvalue weighted by Crippen LogP contribution is -2.41. The molecule has 1 fully saturated rings. The molecular weight excluding hydrogens is 376 g/mol. The summed E-state index contributed by atoms with van der Waals surface area (Å²) in [6.07, 6.45) is 1.96. The van der Waals surface area contributed by atoms with Gasteiger partial charge in [0.1, 0.15) is 4.21 Å². The quantitative estimate of drug-likeness (QED) is 0.284. The molecule has 0 spiro atoms. The first-order valence-electron chi connectivity index (χ1n) is 8.75. The Morgan fingerprint density at radius 3 is 2.92 bits per heavy atom. The van der Waals surface area contributed by atoms with Crippen molar-refractivity contribution < 1.29 is 17.9 Å². The number of nitrogens with one attached hydrogen (secondary N) is 3. The van der Waals surface area contributed by atoms with Crippen LogP contribution in [0.1, 0.15) is 12.8 Å². The van der Waals surface area contributed by atoms with Crippen molar-refractivity contribution in [2.75, 3.05) is 53.1 Å². The van der Waals surface area contributed by atoms with Crippen LogP contribution in [0.5, 0.6) is 0 Å². The number of guanidine groups is 1. The normalized spacial score (nSPS) is 18.2. The first-order chi connectivity index (χ1) is 12.6. The lowest BCUT2D eigenvalue weighted by molar-refractivity contribution is 0.0888. The number of hydrogen-bond acceptors (Lipinski definition) is 6.